The number of hydrogen-bond acceptors (Lipinski definition) is 4. The van der Waals surface area contributed by atoms with Crippen LogP contribution >= 0.6 is 0 Å². The van der Waals surface area contributed by atoms with E-state index in [1.54, 1.807) is 36.4 Å². The van der Waals surface area contributed by atoms with Crippen molar-refractivity contribution in [2.45, 2.75) is 18.1 Å². The van der Waals surface area contributed by atoms with E-state index in [0.29, 0.717) is 24.1 Å². The Hall–Kier alpha value is -2.87. The van der Waals surface area contributed by atoms with E-state index in [9.17, 15) is 22.8 Å². The van der Waals surface area contributed by atoms with Gasteiger partial charge in [0.05, 0.1) is 11.5 Å². The maximum Gasteiger partial charge on any atom is 0.491 e. The Labute approximate surface area is 153 Å². The third-order valence-electron chi connectivity index (χ3n) is 4.60. The highest BCUT2D eigenvalue weighted by atomic mass is 19.4. The Bertz CT molecular complexity index is 855. The van der Waals surface area contributed by atoms with Gasteiger partial charge >= 0.3 is 12.1 Å². The normalized spacial score (nSPS) is 19.3. The topological polar surface area (TPSA) is 81.4 Å². The molecule has 1 aliphatic heterocycles. The summed E-state index contributed by atoms with van der Waals surface area (Å²) in [4.78, 5) is 23.5. The van der Waals surface area contributed by atoms with Crippen LogP contribution in [0.3, 0.4) is 0 Å². The first-order valence-corrected chi connectivity index (χ1v) is 8.24. The number of ether oxygens (including phenoxy) is 1. The monoisotopic (exact) mass is 378 g/mol. The zero-order chi connectivity index (χ0) is 19.7. The molecule has 0 radical (unpaired) electrons. The van der Waals surface area contributed by atoms with Crippen molar-refractivity contribution in [3.05, 3.63) is 65.7 Å². The van der Waals surface area contributed by atoms with E-state index < -0.39 is 23.6 Å². The summed E-state index contributed by atoms with van der Waals surface area (Å²) in [5.41, 5.74) is 6.42. The van der Waals surface area contributed by atoms with Crippen molar-refractivity contribution in [2.75, 3.05) is 6.54 Å². The van der Waals surface area contributed by atoms with E-state index in [1.807, 2.05) is 0 Å². The maximum atomic E-state index is 12.5. The zero-order valence-electron chi connectivity index (χ0n) is 14.1. The average molecular weight is 378 g/mol. The summed E-state index contributed by atoms with van der Waals surface area (Å²) in [6.45, 7) is 0.456. The molecule has 8 heteroatoms. The minimum Gasteiger partial charge on any atom is -0.420 e. The van der Waals surface area contributed by atoms with Crippen molar-refractivity contribution >= 4 is 11.9 Å². The Balaban J connectivity index is 2.05. The smallest absolute Gasteiger partial charge is 0.420 e. The van der Waals surface area contributed by atoms with Gasteiger partial charge in [-0.1, -0.05) is 42.5 Å². The van der Waals surface area contributed by atoms with Crippen LogP contribution in [0, 0.1) is 5.92 Å². The van der Waals surface area contributed by atoms with Crippen LogP contribution in [0.25, 0.3) is 0 Å². The van der Waals surface area contributed by atoms with Crippen molar-refractivity contribution in [2.24, 2.45) is 11.7 Å². The number of benzene rings is 2. The van der Waals surface area contributed by atoms with Gasteiger partial charge in [-0.3, -0.25) is 4.79 Å². The first kappa shape index (κ1) is 18.9. The molecule has 5 nitrogen and oxygen atoms in total. The fourth-order valence-electron chi connectivity index (χ4n) is 3.29. The van der Waals surface area contributed by atoms with Gasteiger partial charge < -0.3 is 15.8 Å². The number of esters is 1. The van der Waals surface area contributed by atoms with Gasteiger partial charge in [-0.2, -0.15) is 13.2 Å². The Morgan fingerprint density at radius 2 is 1.74 bits per heavy atom. The van der Waals surface area contributed by atoms with Gasteiger partial charge in [-0.25, -0.2) is 4.79 Å². The van der Waals surface area contributed by atoms with Gasteiger partial charge in [0.2, 0.25) is 5.91 Å². The third-order valence-corrected chi connectivity index (χ3v) is 4.60. The summed E-state index contributed by atoms with van der Waals surface area (Å²) in [6.07, 6.45) is -4.64. The minimum atomic E-state index is -5.11. The summed E-state index contributed by atoms with van der Waals surface area (Å²) in [7, 11) is 0. The molecule has 0 bridgehead atoms. The number of nitrogens with one attached hydrogen (secondary N) is 1. The number of rotatable bonds is 4. The highest BCUT2D eigenvalue weighted by molar-refractivity contribution is 5.83. The molecule has 1 aliphatic rings. The molecule has 2 aromatic carbocycles. The summed E-state index contributed by atoms with van der Waals surface area (Å²) in [5.74, 6) is -3.47. The van der Waals surface area contributed by atoms with Gasteiger partial charge in [-0.15, -0.1) is 0 Å². The number of amides is 1. The maximum absolute atomic E-state index is 12.5. The Morgan fingerprint density at radius 1 is 1.07 bits per heavy atom. The molecule has 2 atom stereocenters. The molecule has 0 aliphatic carbocycles. The summed E-state index contributed by atoms with van der Waals surface area (Å²) >= 11 is 0. The van der Waals surface area contributed by atoms with Crippen molar-refractivity contribution in [3.8, 4) is 5.75 Å². The first-order valence-electron chi connectivity index (χ1n) is 8.24. The standard InChI is InChI=1S/C19H17F3N2O3/c20-19(21,22)17(26)27-14-8-4-7-13(11-14)18(23,12-5-2-1-3-6-12)15-9-10-24-16(15)25/h1-8,11,15H,9-10,23H2,(H,24,25)/t15-,18?/m1/s1. The molecule has 0 saturated carbocycles. The van der Waals surface area contributed by atoms with Crippen molar-refractivity contribution in [3.63, 3.8) is 0 Å². The highest BCUT2D eigenvalue weighted by Gasteiger charge is 2.45. The van der Waals surface area contributed by atoms with Crippen LogP contribution < -0.4 is 15.8 Å². The van der Waals surface area contributed by atoms with E-state index in [1.165, 1.54) is 18.2 Å². The van der Waals surface area contributed by atoms with E-state index >= 15 is 0 Å². The number of halogens is 3. The summed E-state index contributed by atoms with van der Waals surface area (Å²) in [6, 6.07) is 14.3. The molecule has 1 amide bonds. The van der Waals surface area contributed by atoms with Crippen LogP contribution in [0.15, 0.2) is 54.6 Å². The van der Waals surface area contributed by atoms with Gasteiger partial charge in [-0.05, 0) is 29.7 Å². The van der Waals surface area contributed by atoms with Crippen LogP contribution in [-0.4, -0.2) is 24.6 Å². The number of carbonyl (C=O) groups excluding carboxylic acids is 2. The average Bonchev–Trinajstić information content (AvgIpc) is 3.07. The molecule has 3 N–H and O–H groups in total. The van der Waals surface area contributed by atoms with Crippen LogP contribution in [-0.2, 0) is 15.1 Å². The molecule has 2 aromatic rings. The second-order valence-electron chi connectivity index (χ2n) is 6.28. The molecule has 1 saturated heterocycles. The third kappa shape index (κ3) is 3.66. The van der Waals surface area contributed by atoms with Crippen molar-refractivity contribution in [1.82, 2.24) is 5.32 Å². The zero-order valence-corrected chi connectivity index (χ0v) is 14.1. The Kier molecular flexibility index (Phi) is 4.93. The van der Waals surface area contributed by atoms with E-state index in [0.717, 1.165) is 0 Å². The molecule has 0 aromatic heterocycles. The molecule has 3 rings (SSSR count). The van der Waals surface area contributed by atoms with Gasteiger partial charge in [0, 0.05) is 6.54 Å². The van der Waals surface area contributed by atoms with E-state index in [-0.39, 0.29) is 11.7 Å². The van der Waals surface area contributed by atoms with Crippen molar-refractivity contribution in [1.29, 1.82) is 0 Å². The fraction of sp³-hybridized carbons (Fsp3) is 0.263. The van der Waals surface area contributed by atoms with Crippen LogP contribution in [0.1, 0.15) is 17.5 Å². The van der Waals surface area contributed by atoms with E-state index in [4.69, 9.17) is 5.73 Å². The quantitative estimate of drug-likeness (QED) is 0.633. The molecular weight excluding hydrogens is 361 g/mol. The fourth-order valence-corrected chi connectivity index (χ4v) is 3.29. The molecule has 0 spiro atoms. The molecule has 1 heterocycles. The summed E-state index contributed by atoms with van der Waals surface area (Å²) in [5, 5.41) is 2.73. The first-order chi connectivity index (χ1) is 12.7. The number of nitrogens with two attached hydrogens (primary N) is 1. The lowest BCUT2D eigenvalue weighted by atomic mass is 9.73. The molecular formula is C19H17F3N2O3. The lowest BCUT2D eigenvalue weighted by Gasteiger charge is -2.35. The highest BCUT2D eigenvalue weighted by Crippen LogP contribution is 2.39. The van der Waals surface area contributed by atoms with Gasteiger partial charge in [0.1, 0.15) is 5.75 Å². The van der Waals surface area contributed by atoms with Crippen LogP contribution in [0.5, 0.6) is 5.75 Å². The molecule has 1 unspecified atom stereocenters. The van der Waals surface area contributed by atoms with Gasteiger partial charge in [0.15, 0.2) is 0 Å². The second kappa shape index (κ2) is 7.03. The Morgan fingerprint density at radius 3 is 2.33 bits per heavy atom. The van der Waals surface area contributed by atoms with Crippen LogP contribution in [0.2, 0.25) is 0 Å². The van der Waals surface area contributed by atoms with Crippen molar-refractivity contribution < 1.29 is 27.5 Å². The van der Waals surface area contributed by atoms with Crippen LogP contribution in [0.4, 0.5) is 13.2 Å². The predicted molar refractivity (Wildman–Crippen MR) is 90.7 cm³/mol. The summed E-state index contributed by atoms with van der Waals surface area (Å²) < 4.78 is 41.9. The molecule has 1 fully saturated rings. The second-order valence-corrected chi connectivity index (χ2v) is 6.28. The number of carbonyl (C=O) groups is 2. The number of alkyl halides is 3. The van der Waals surface area contributed by atoms with E-state index in [2.05, 4.69) is 10.1 Å². The lowest BCUT2D eigenvalue weighted by Crippen LogP contribution is -2.48. The lowest BCUT2D eigenvalue weighted by molar-refractivity contribution is -0.189. The van der Waals surface area contributed by atoms with Gasteiger partial charge in [0.25, 0.3) is 0 Å². The minimum absolute atomic E-state index is 0.237. The number of hydrogen-bond donors (Lipinski definition) is 2. The molecule has 142 valence electrons. The largest absolute Gasteiger partial charge is 0.491 e. The SMILES string of the molecule is NC(c1ccccc1)(c1cccc(OC(=O)C(F)(F)F)c1)[C@@H]1CCNC1=O. The molecule has 27 heavy (non-hydrogen) atoms. The predicted octanol–water partition coefficient (Wildman–Crippen LogP) is 2.49.